The zero-order valence-electron chi connectivity index (χ0n) is 15.4. The first-order valence-corrected chi connectivity index (χ1v) is 11.7. The van der Waals surface area contributed by atoms with E-state index in [1.165, 1.54) is 0 Å². The van der Waals surface area contributed by atoms with Gasteiger partial charge in [-0.3, -0.25) is 9.59 Å². The molecule has 1 N–H and O–H groups in total. The number of ether oxygens (including phenoxy) is 1. The molecule has 1 aromatic carbocycles. The Morgan fingerprint density at radius 3 is 2.57 bits per heavy atom. The van der Waals surface area contributed by atoms with E-state index in [1.54, 1.807) is 23.1 Å². The molecule has 0 unspecified atom stereocenters. The highest BCUT2D eigenvalue weighted by Gasteiger charge is 2.43. The maximum Gasteiger partial charge on any atom is 0.255 e. The number of hydrogen-bond acceptors (Lipinski definition) is 5. The number of carbonyl (C=O) groups excluding carboxylic acids is 2. The van der Waals surface area contributed by atoms with Crippen molar-refractivity contribution in [2.24, 2.45) is 5.92 Å². The van der Waals surface area contributed by atoms with Crippen LogP contribution in [-0.2, 0) is 14.6 Å². The Morgan fingerprint density at radius 2 is 1.89 bits per heavy atom. The summed E-state index contributed by atoms with van der Waals surface area (Å²) < 4.78 is 29.4. The number of nitrogens with one attached hydrogen (secondary N) is 1. The number of sulfone groups is 1. The number of nitrogens with zero attached hydrogens (tertiary/aromatic N) is 1. The summed E-state index contributed by atoms with van der Waals surface area (Å²) in [7, 11) is -3.01. The second-order valence-electron chi connectivity index (χ2n) is 7.86. The van der Waals surface area contributed by atoms with Crippen molar-refractivity contribution in [3.63, 3.8) is 0 Å². The minimum absolute atomic E-state index is 0.0367. The molecule has 9 heteroatoms. The molecule has 1 saturated heterocycles. The van der Waals surface area contributed by atoms with Gasteiger partial charge in [0.25, 0.3) is 5.91 Å². The minimum Gasteiger partial charge on any atom is -0.485 e. The normalized spacial score (nSPS) is 29.4. The molecule has 2 aliphatic heterocycles. The molecule has 7 nitrogen and oxygen atoms in total. The van der Waals surface area contributed by atoms with Gasteiger partial charge in [-0.25, -0.2) is 8.42 Å². The predicted octanol–water partition coefficient (Wildman–Crippen LogP) is 1.65. The Kier molecular flexibility index (Phi) is 5.03. The Balaban J connectivity index is 1.43. The largest absolute Gasteiger partial charge is 0.485 e. The van der Waals surface area contributed by atoms with Crippen molar-refractivity contribution < 1.29 is 22.7 Å². The Morgan fingerprint density at radius 1 is 1.21 bits per heavy atom. The van der Waals surface area contributed by atoms with Crippen molar-refractivity contribution in [2.45, 2.75) is 31.3 Å². The van der Waals surface area contributed by atoms with Crippen LogP contribution in [0.25, 0.3) is 0 Å². The van der Waals surface area contributed by atoms with Crippen molar-refractivity contribution in [3.05, 3.63) is 28.8 Å². The zero-order chi connectivity index (χ0) is 19.9. The van der Waals surface area contributed by atoms with Crippen LogP contribution in [0.3, 0.4) is 0 Å². The number of hydrogen-bond donors (Lipinski definition) is 1. The highest BCUT2D eigenvalue weighted by molar-refractivity contribution is 7.91. The first kappa shape index (κ1) is 19.5. The van der Waals surface area contributed by atoms with Crippen molar-refractivity contribution in [2.75, 3.05) is 31.1 Å². The molecule has 2 amide bonds. The van der Waals surface area contributed by atoms with E-state index in [0.29, 0.717) is 48.6 Å². The topological polar surface area (TPSA) is 92.8 Å². The van der Waals surface area contributed by atoms with Crippen LogP contribution in [0.4, 0.5) is 0 Å². The molecule has 0 radical (unpaired) electrons. The highest BCUT2D eigenvalue weighted by atomic mass is 35.5. The second kappa shape index (κ2) is 7.22. The SMILES string of the molecule is O=C1NCC2(CCC(C(=O)N3CCS(=O)(=O)CC3)CC2)Oc2ccc(Cl)cc21. The molecule has 1 spiro atoms. The zero-order valence-corrected chi connectivity index (χ0v) is 17.0. The first-order chi connectivity index (χ1) is 13.3. The Labute approximate surface area is 169 Å². The first-order valence-electron chi connectivity index (χ1n) is 9.53. The van der Waals surface area contributed by atoms with E-state index in [9.17, 15) is 18.0 Å². The van der Waals surface area contributed by atoms with Crippen LogP contribution in [-0.4, -0.2) is 61.9 Å². The summed E-state index contributed by atoms with van der Waals surface area (Å²) in [6.07, 6.45) is 2.61. The van der Waals surface area contributed by atoms with Crippen molar-refractivity contribution >= 4 is 33.3 Å². The van der Waals surface area contributed by atoms with Crippen molar-refractivity contribution in [3.8, 4) is 5.75 Å². The molecule has 3 aliphatic rings. The number of halogens is 1. The standard InChI is InChI=1S/C19H23ClN2O5S/c20-14-1-2-16-15(11-14)17(23)21-12-19(27-16)5-3-13(4-6-19)18(24)22-7-9-28(25,26)10-8-22/h1-2,11,13H,3-10,12H2,(H,21,23). The predicted molar refractivity (Wildman–Crippen MR) is 104 cm³/mol. The molecule has 0 aromatic heterocycles. The van der Waals surface area contributed by atoms with Gasteiger partial charge in [0.2, 0.25) is 5.91 Å². The van der Waals surface area contributed by atoms with Crippen LogP contribution in [0, 0.1) is 5.92 Å². The fourth-order valence-electron chi connectivity index (χ4n) is 4.24. The van der Waals surface area contributed by atoms with Crippen LogP contribution < -0.4 is 10.1 Å². The molecule has 0 atom stereocenters. The summed E-state index contributed by atoms with van der Waals surface area (Å²) in [5.74, 6) is 0.314. The Bertz CT molecular complexity index is 895. The molecular formula is C19H23ClN2O5S. The fraction of sp³-hybridized carbons (Fsp3) is 0.579. The lowest BCUT2D eigenvalue weighted by Crippen LogP contribution is -2.51. The summed E-state index contributed by atoms with van der Waals surface area (Å²) in [4.78, 5) is 26.8. The van der Waals surface area contributed by atoms with E-state index in [1.807, 2.05) is 0 Å². The van der Waals surface area contributed by atoms with Crippen molar-refractivity contribution in [1.29, 1.82) is 0 Å². The highest BCUT2D eigenvalue weighted by Crippen LogP contribution is 2.39. The lowest BCUT2D eigenvalue weighted by molar-refractivity contribution is -0.137. The van der Waals surface area contributed by atoms with Crippen LogP contribution in [0.5, 0.6) is 5.75 Å². The van der Waals surface area contributed by atoms with Gasteiger partial charge < -0.3 is 15.0 Å². The maximum atomic E-state index is 12.8. The summed E-state index contributed by atoms with van der Waals surface area (Å²) in [5, 5.41) is 3.40. The average molecular weight is 427 g/mol. The minimum atomic E-state index is -3.01. The molecule has 2 heterocycles. The fourth-order valence-corrected chi connectivity index (χ4v) is 5.61. The number of benzene rings is 1. The lowest BCUT2D eigenvalue weighted by atomic mass is 9.78. The average Bonchev–Trinajstić information content (AvgIpc) is 2.80. The second-order valence-corrected chi connectivity index (χ2v) is 10.6. The third-order valence-electron chi connectivity index (χ3n) is 5.99. The van der Waals surface area contributed by atoms with E-state index in [0.717, 1.165) is 0 Å². The van der Waals surface area contributed by atoms with Gasteiger partial charge in [-0.1, -0.05) is 11.6 Å². The van der Waals surface area contributed by atoms with Gasteiger partial charge in [-0.15, -0.1) is 0 Å². The molecule has 0 bridgehead atoms. The molecule has 152 valence electrons. The summed E-state index contributed by atoms with van der Waals surface area (Å²) >= 11 is 6.00. The van der Waals surface area contributed by atoms with Gasteiger partial charge in [-0.2, -0.15) is 0 Å². The van der Waals surface area contributed by atoms with E-state index in [-0.39, 0.29) is 42.3 Å². The van der Waals surface area contributed by atoms with Gasteiger partial charge in [0.15, 0.2) is 9.84 Å². The summed E-state index contributed by atoms with van der Waals surface area (Å²) in [5.41, 5.74) is -0.103. The smallest absolute Gasteiger partial charge is 0.255 e. The van der Waals surface area contributed by atoms with Gasteiger partial charge in [0.05, 0.1) is 23.6 Å². The third-order valence-corrected chi connectivity index (χ3v) is 7.83. The van der Waals surface area contributed by atoms with Crippen molar-refractivity contribution in [1.82, 2.24) is 10.2 Å². The van der Waals surface area contributed by atoms with Crippen LogP contribution in [0.15, 0.2) is 18.2 Å². The number of amides is 2. The number of fused-ring (bicyclic) bond motifs is 1. The van der Waals surface area contributed by atoms with Gasteiger partial charge in [-0.05, 0) is 43.9 Å². The van der Waals surface area contributed by atoms with Crippen LogP contribution in [0.2, 0.25) is 5.02 Å². The van der Waals surface area contributed by atoms with E-state index < -0.39 is 15.4 Å². The van der Waals surface area contributed by atoms with Crippen LogP contribution in [0.1, 0.15) is 36.0 Å². The molecule has 28 heavy (non-hydrogen) atoms. The summed E-state index contributed by atoms with van der Waals surface area (Å²) in [6.45, 7) is 0.952. The number of rotatable bonds is 1. The molecule has 1 saturated carbocycles. The van der Waals surface area contributed by atoms with Crippen LogP contribution >= 0.6 is 11.6 Å². The lowest BCUT2D eigenvalue weighted by Gasteiger charge is -2.40. The monoisotopic (exact) mass is 426 g/mol. The molecule has 1 aromatic rings. The summed E-state index contributed by atoms with van der Waals surface area (Å²) in [6, 6.07) is 5.02. The third kappa shape index (κ3) is 3.85. The van der Waals surface area contributed by atoms with Gasteiger partial charge >= 0.3 is 0 Å². The van der Waals surface area contributed by atoms with E-state index in [2.05, 4.69) is 5.32 Å². The Hall–Kier alpha value is -1.80. The molecular weight excluding hydrogens is 404 g/mol. The van der Waals surface area contributed by atoms with Gasteiger partial charge in [0, 0.05) is 24.0 Å². The quantitative estimate of drug-likeness (QED) is 0.737. The van der Waals surface area contributed by atoms with E-state index in [4.69, 9.17) is 16.3 Å². The molecule has 2 fully saturated rings. The molecule has 1 aliphatic carbocycles. The van der Waals surface area contributed by atoms with Gasteiger partial charge in [0.1, 0.15) is 11.4 Å². The maximum absolute atomic E-state index is 12.8. The number of carbonyl (C=O) groups is 2. The molecule has 4 rings (SSSR count). The van der Waals surface area contributed by atoms with E-state index >= 15 is 0 Å².